The maximum absolute atomic E-state index is 12.0. The first-order valence-corrected chi connectivity index (χ1v) is 5.86. The minimum absolute atomic E-state index is 0.0843. The fourth-order valence-electron chi connectivity index (χ4n) is 1.87. The number of cyclic esters (lactones) is 1. The molecule has 1 aliphatic rings. The number of carbonyl (C=O) groups excluding carboxylic acids is 1. The number of alkyl carbamates (subject to hydrolysis) is 1. The van der Waals surface area contributed by atoms with Crippen molar-refractivity contribution in [1.82, 2.24) is 14.5 Å². The highest BCUT2D eigenvalue weighted by Crippen LogP contribution is 2.00. The van der Waals surface area contributed by atoms with E-state index in [0.29, 0.717) is 13.1 Å². The van der Waals surface area contributed by atoms with Crippen LogP contribution in [0.25, 0.3) is 0 Å². The quantitative estimate of drug-likeness (QED) is 0.786. The molecule has 2 heterocycles. The second-order valence-corrected chi connectivity index (χ2v) is 4.15. The summed E-state index contributed by atoms with van der Waals surface area (Å²) in [5, 5.41) is 2.48. The molecule has 0 aromatic carbocycles. The van der Waals surface area contributed by atoms with Crippen LogP contribution in [0.2, 0.25) is 0 Å². The summed E-state index contributed by atoms with van der Waals surface area (Å²) in [4.78, 5) is 34.5. The first-order valence-electron chi connectivity index (χ1n) is 5.86. The first kappa shape index (κ1) is 12.4. The van der Waals surface area contributed by atoms with Crippen molar-refractivity contribution in [2.75, 3.05) is 6.54 Å². The smallest absolute Gasteiger partial charge is 0.407 e. The van der Waals surface area contributed by atoms with Gasteiger partial charge in [-0.05, 0) is 6.42 Å². The minimum Gasteiger partial charge on any atom is -0.442 e. The van der Waals surface area contributed by atoms with E-state index in [9.17, 15) is 14.4 Å². The number of aromatic nitrogens is 2. The molecule has 98 valence electrons. The fourth-order valence-corrected chi connectivity index (χ4v) is 1.87. The number of rotatable bonds is 4. The lowest BCUT2D eigenvalue weighted by Crippen LogP contribution is -2.42. The number of amides is 1. The second-order valence-electron chi connectivity index (χ2n) is 4.15. The van der Waals surface area contributed by atoms with E-state index < -0.39 is 12.2 Å². The highest BCUT2D eigenvalue weighted by atomic mass is 16.6. The average Bonchev–Trinajstić information content (AvgIpc) is 2.74. The van der Waals surface area contributed by atoms with Crippen molar-refractivity contribution in [1.29, 1.82) is 0 Å². The predicted molar refractivity (Wildman–Crippen MR) is 63.5 cm³/mol. The monoisotopic (exact) mass is 253 g/mol. The van der Waals surface area contributed by atoms with Gasteiger partial charge in [0, 0.05) is 18.8 Å². The molecule has 1 fully saturated rings. The lowest BCUT2D eigenvalue weighted by atomic mass is 10.3. The van der Waals surface area contributed by atoms with Gasteiger partial charge in [0.2, 0.25) is 0 Å². The maximum atomic E-state index is 12.0. The summed E-state index contributed by atoms with van der Waals surface area (Å²) in [6.45, 7) is 2.90. The molecule has 1 N–H and O–H groups in total. The Morgan fingerprint density at radius 2 is 2.22 bits per heavy atom. The largest absolute Gasteiger partial charge is 0.442 e. The van der Waals surface area contributed by atoms with Crippen LogP contribution in [0.4, 0.5) is 4.79 Å². The van der Waals surface area contributed by atoms with Crippen LogP contribution in [-0.2, 0) is 17.8 Å². The SMILES string of the molecule is CCCn1ccc(=O)n(CC2CNC(=O)O2)c1=O. The summed E-state index contributed by atoms with van der Waals surface area (Å²) >= 11 is 0. The van der Waals surface area contributed by atoms with Gasteiger partial charge in [0.05, 0.1) is 13.1 Å². The predicted octanol–water partition coefficient (Wildman–Crippen LogP) is -0.472. The lowest BCUT2D eigenvalue weighted by molar-refractivity contribution is 0.129. The average molecular weight is 253 g/mol. The van der Waals surface area contributed by atoms with Crippen LogP contribution in [0.3, 0.4) is 0 Å². The van der Waals surface area contributed by atoms with Crippen molar-refractivity contribution in [2.24, 2.45) is 0 Å². The second kappa shape index (κ2) is 5.07. The highest BCUT2D eigenvalue weighted by molar-refractivity contribution is 5.69. The molecule has 1 amide bonds. The van der Waals surface area contributed by atoms with Crippen LogP contribution in [0.15, 0.2) is 21.9 Å². The minimum atomic E-state index is -0.516. The number of hydrogen-bond acceptors (Lipinski definition) is 4. The van der Waals surface area contributed by atoms with Gasteiger partial charge in [0.15, 0.2) is 0 Å². The van der Waals surface area contributed by atoms with Crippen molar-refractivity contribution in [2.45, 2.75) is 32.5 Å². The number of nitrogens with zero attached hydrogens (tertiary/aromatic N) is 2. The number of nitrogens with one attached hydrogen (secondary N) is 1. The Morgan fingerprint density at radius 3 is 2.83 bits per heavy atom. The van der Waals surface area contributed by atoms with Gasteiger partial charge < -0.3 is 14.6 Å². The van der Waals surface area contributed by atoms with Gasteiger partial charge >= 0.3 is 11.8 Å². The van der Waals surface area contributed by atoms with Crippen LogP contribution in [0.1, 0.15) is 13.3 Å². The molecule has 0 bridgehead atoms. The Morgan fingerprint density at radius 1 is 1.44 bits per heavy atom. The number of ether oxygens (including phenoxy) is 1. The molecule has 1 saturated heterocycles. The molecule has 1 unspecified atom stereocenters. The summed E-state index contributed by atoms with van der Waals surface area (Å²) in [5.74, 6) is 0. The van der Waals surface area contributed by atoms with E-state index in [1.165, 1.54) is 16.8 Å². The molecule has 0 aliphatic carbocycles. The lowest BCUT2D eigenvalue weighted by Gasteiger charge is -2.11. The normalized spacial score (nSPS) is 18.5. The summed E-state index contributed by atoms with van der Waals surface area (Å²) < 4.78 is 7.49. The van der Waals surface area contributed by atoms with E-state index in [2.05, 4.69) is 5.32 Å². The number of carbonyl (C=O) groups is 1. The zero-order valence-corrected chi connectivity index (χ0v) is 10.1. The van der Waals surface area contributed by atoms with Crippen molar-refractivity contribution in [3.8, 4) is 0 Å². The Kier molecular flexibility index (Phi) is 3.50. The van der Waals surface area contributed by atoms with E-state index in [1.54, 1.807) is 0 Å². The summed E-state index contributed by atoms with van der Waals surface area (Å²) in [7, 11) is 0. The van der Waals surface area contributed by atoms with Crippen molar-refractivity contribution >= 4 is 6.09 Å². The highest BCUT2D eigenvalue weighted by Gasteiger charge is 2.24. The molecule has 1 aromatic rings. The third-order valence-electron chi connectivity index (χ3n) is 2.74. The zero-order chi connectivity index (χ0) is 13.1. The summed E-state index contributed by atoms with van der Waals surface area (Å²) in [6, 6.07) is 1.35. The van der Waals surface area contributed by atoms with Gasteiger partial charge in [-0.3, -0.25) is 9.36 Å². The summed E-state index contributed by atoms with van der Waals surface area (Å²) in [5.41, 5.74) is -0.748. The molecule has 0 saturated carbocycles. The van der Waals surface area contributed by atoms with E-state index in [-0.39, 0.29) is 17.8 Å². The molecule has 7 nitrogen and oxygen atoms in total. The van der Waals surface area contributed by atoms with Gasteiger partial charge in [-0.15, -0.1) is 0 Å². The third-order valence-corrected chi connectivity index (χ3v) is 2.74. The van der Waals surface area contributed by atoms with Crippen LogP contribution in [0, 0.1) is 0 Å². The number of aryl methyl sites for hydroxylation is 1. The first-order chi connectivity index (χ1) is 8.61. The van der Waals surface area contributed by atoms with Crippen LogP contribution in [0.5, 0.6) is 0 Å². The maximum Gasteiger partial charge on any atom is 0.407 e. The van der Waals surface area contributed by atoms with Crippen molar-refractivity contribution < 1.29 is 9.53 Å². The van der Waals surface area contributed by atoms with Crippen LogP contribution in [-0.4, -0.2) is 27.9 Å². The van der Waals surface area contributed by atoms with Crippen molar-refractivity contribution in [3.63, 3.8) is 0 Å². The van der Waals surface area contributed by atoms with E-state index in [0.717, 1.165) is 11.0 Å². The Balaban J connectivity index is 2.26. The molecule has 7 heteroatoms. The Bertz CT molecular complexity index is 560. The van der Waals surface area contributed by atoms with Gasteiger partial charge in [-0.25, -0.2) is 9.59 Å². The molecule has 2 rings (SSSR count). The zero-order valence-electron chi connectivity index (χ0n) is 10.1. The van der Waals surface area contributed by atoms with Gasteiger partial charge in [0.25, 0.3) is 5.56 Å². The molecule has 18 heavy (non-hydrogen) atoms. The van der Waals surface area contributed by atoms with Gasteiger partial charge in [0.1, 0.15) is 6.10 Å². The Hall–Kier alpha value is -2.05. The Labute approximate surface area is 103 Å². The van der Waals surface area contributed by atoms with Gasteiger partial charge in [-0.1, -0.05) is 6.92 Å². The molecule has 1 atom stereocenters. The van der Waals surface area contributed by atoms with Crippen LogP contribution >= 0.6 is 0 Å². The van der Waals surface area contributed by atoms with E-state index in [1.807, 2.05) is 6.92 Å². The molecule has 1 aromatic heterocycles. The molecule has 0 radical (unpaired) electrons. The van der Waals surface area contributed by atoms with E-state index >= 15 is 0 Å². The van der Waals surface area contributed by atoms with Crippen LogP contribution < -0.4 is 16.6 Å². The van der Waals surface area contributed by atoms with E-state index in [4.69, 9.17) is 4.74 Å². The topological polar surface area (TPSA) is 82.3 Å². The standard InChI is InChI=1S/C11H15N3O4/c1-2-4-13-5-3-9(15)14(11(13)17)7-8-6-12-10(16)18-8/h3,5,8H,2,4,6-7H2,1H3,(H,12,16). The molecular formula is C11H15N3O4. The summed E-state index contributed by atoms with van der Waals surface area (Å²) in [6.07, 6.45) is 1.31. The molecule has 1 aliphatic heterocycles. The fraction of sp³-hybridized carbons (Fsp3) is 0.545. The van der Waals surface area contributed by atoms with Gasteiger partial charge in [-0.2, -0.15) is 0 Å². The molecule has 0 spiro atoms. The third kappa shape index (κ3) is 2.44. The molecular weight excluding hydrogens is 238 g/mol. The number of hydrogen-bond donors (Lipinski definition) is 1. The van der Waals surface area contributed by atoms with Crippen molar-refractivity contribution in [3.05, 3.63) is 33.1 Å².